The molecule has 18 heavy (non-hydrogen) atoms. The summed E-state index contributed by atoms with van der Waals surface area (Å²) in [5, 5.41) is 15.8. The first-order chi connectivity index (χ1) is 8.81. The maximum atomic E-state index is 4.29. The van der Waals surface area contributed by atoms with E-state index < -0.39 is 0 Å². The Morgan fingerprint density at radius 3 is 2.89 bits per heavy atom. The van der Waals surface area contributed by atoms with E-state index in [4.69, 9.17) is 0 Å². The van der Waals surface area contributed by atoms with E-state index in [1.807, 2.05) is 7.05 Å². The Morgan fingerprint density at radius 2 is 2.28 bits per heavy atom. The molecule has 100 valence electrons. The minimum Gasteiger partial charge on any atom is -0.316 e. The SMILES string of the molecule is Cn1nnc(CN(CC2CCCNC2)C2CC2)n1. The third-order valence-electron chi connectivity index (χ3n) is 3.85. The molecule has 1 aromatic rings. The highest BCUT2D eigenvalue weighted by Gasteiger charge is 2.31. The Balaban J connectivity index is 1.57. The van der Waals surface area contributed by atoms with Gasteiger partial charge in [-0.15, -0.1) is 10.2 Å². The van der Waals surface area contributed by atoms with Crippen LogP contribution >= 0.6 is 0 Å². The minimum atomic E-state index is 0.760. The molecule has 1 N–H and O–H groups in total. The number of aryl methyl sites for hydroxylation is 1. The lowest BCUT2D eigenvalue weighted by Gasteiger charge is -2.29. The van der Waals surface area contributed by atoms with Crippen LogP contribution in [-0.4, -0.2) is 50.8 Å². The van der Waals surface area contributed by atoms with Crippen molar-refractivity contribution < 1.29 is 0 Å². The summed E-state index contributed by atoms with van der Waals surface area (Å²) in [5.74, 6) is 1.64. The van der Waals surface area contributed by atoms with Crippen LogP contribution in [0.1, 0.15) is 31.5 Å². The maximum Gasteiger partial charge on any atom is 0.188 e. The van der Waals surface area contributed by atoms with Crippen LogP contribution in [-0.2, 0) is 13.6 Å². The molecule has 0 amide bonds. The summed E-state index contributed by atoms with van der Waals surface area (Å²) in [7, 11) is 1.82. The van der Waals surface area contributed by atoms with Gasteiger partial charge in [0.1, 0.15) is 0 Å². The van der Waals surface area contributed by atoms with Gasteiger partial charge >= 0.3 is 0 Å². The lowest BCUT2D eigenvalue weighted by molar-refractivity contribution is 0.188. The van der Waals surface area contributed by atoms with Crippen molar-refractivity contribution in [2.24, 2.45) is 13.0 Å². The Kier molecular flexibility index (Phi) is 3.56. The van der Waals surface area contributed by atoms with E-state index in [0.717, 1.165) is 30.9 Å². The molecule has 1 aromatic heterocycles. The van der Waals surface area contributed by atoms with E-state index >= 15 is 0 Å². The summed E-state index contributed by atoms with van der Waals surface area (Å²) in [4.78, 5) is 4.09. The third-order valence-corrected chi connectivity index (χ3v) is 3.85. The number of hydrogen-bond donors (Lipinski definition) is 1. The molecule has 1 atom stereocenters. The van der Waals surface area contributed by atoms with Crippen LogP contribution in [0.15, 0.2) is 0 Å². The van der Waals surface area contributed by atoms with Crippen molar-refractivity contribution >= 4 is 0 Å². The lowest BCUT2D eigenvalue weighted by atomic mass is 9.99. The van der Waals surface area contributed by atoms with Gasteiger partial charge in [0.25, 0.3) is 0 Å². The van der Waals surface area contributed by atoms with Gasteiger partial charge in [0.15, 0.2) is 5.82 Å². The number of hydrogen-bond acceptors (Lipinski definition) is 5. The van der Waals surface area contributed by atoms with E-state index in [1.54, 1.807) is 4.80 Å². The van der Waals surface area contributed by atoms with Gasteiger partial charge < -0.3 is 5.32 Å². The van der Waals surface area contributed by atoms with Crippen LogP contribution in [0.4, 0.5) is 0 Å². The smallest absolute Gasteiger partial charge is 0.188 e. The molecule has 1 aliphatic heterocycles. The standard InChI is InChI=1S/C12H22N6/c1-17-15-12(14-16-17)9-18(11-4-5-11)8-10-3-2-6-13-7-10/h10-11,13H,2-9H2,1H3. The van der Waals surface area contributed by atoms with Crippen LogP contribution in [0.25, 0.3) is 0 Å². The second kappa shape index (κ2) is 5.32. The number of aromatic nitrogens is 4. The van der Waals surface area contributed by atoms with E-state index in [1.165, 1.54) is 38.8 Å². The monoisotopic (exact) mass is 250 g/mol. The normalized spacial score (nSPS) is 24.7. The van der Waals surface area contributed by atoms with Gasteiger partial charge in [-0.1, -0.05) is 0 Å². The average Bonchev–Trinajstić information content (AvgIpc) is 3.15. The summed E-state index contributed by atoms with van der Waals surface area (Å²) >= 11 is 0. The van der Waals surface area contributed by atoms with E-state index in [0.29, 0.717) is 0 Å². The maximum absolute atomic E-state index is 4.29. The zero-order chi connectivity index (χ0) is 12.4. The first-order valence-electron chi connectivity index (χ1n) is 6.99. The Bertz CT molecular complexity index is 380. The van der Waals surface area contributed by atoms with Gasteiger partial charge in [-0.25, -0.2) is 0 Å². The number of tetrazole rings is 1. The molecule has 1 aliphatic carbocycles. The van der Waals surface area contributed by atoms with E-state index in [9.17, 15) is 0 Å². The van der Waals surface area contributed by atoms with Gasteiger partial charge in [0.05, 0.1) is 13.6 Å². The van der Waals surface area contributed by atoms with Gasteiger partial charge in [-0.2, -0.15) is 4.80 Å². The summed E-state index contributed by atoms with van der Waals surface area (Å²) in [5.41, 5.74) is 0. The van der Waals surface area contributed by atoms with Crippen molar-refractivity contribution in [1.82, 2.24) is 30.4 Å². The van der Waals surface area contributed by atoms with Gasteiger partial charge in [0, 0.05) is 12.6 Å². The average molecular weight is 250 g/mol. The number of nitrogens with one attached hydrogen (secondary N) is 1. The quantitative estimate of drug-likeness (QED) is 0.807. The van der Waals surface area contributed by atoms with E-state index in [-0.39, 0.29) is 0 Å². The molecule has 2 fully saturated rings. The highest BCUT2D eigenvalue weighted by Crippen LogP contribution is 2.29. The largest absolute Gasteiger partial charge is 0.316 e. The molecule has 1 unspecified atom stereocenters. The zero-order valence-corrected chi connectivity index (χ0v) is 11.0. The Labute approximate surface area is 108 Å². The molecule has 6 heteroatoms. The van der Waals surface area contributed by atoms with Crippen LogP contribution in [0.5, 0.6) is 0 Å². The van der Waals surface area contributed by atoms with Crippen LogP contribution in [0.2, 0.25) is 0 Å². The molecule has 0 radical (unpaired) electrons. The molecular weight excluding hydrogens is 228 g/mol. The number of piperidine rings is 1. The molecular formula is C12H22N6. The van der Waals surface area contributed by atoms with Crippen molar-refractivity contribution in [2.45, 2.75) is 38.3 Å². The zero-order valence-electron chi connectivity index (χ0n) is 11.0. The summed E-state index contributed by atoms with van der Waals surface area (Å²) in [6.45, 7) is 4.38. The fraction of sp³-hybridized carbons (Fsp3) is 0.917. The minimum absolute atomic E-state index is 0.760. The fourth-order valence-corrected chi connectivity index (χ4v) is 2.76. The van der Waals surface area contributed by atoms with Crippen molar-refractivity contribution in [3.63, 3.8) is 0 Å². The number of rotatable bonds is 5. The first-order valence-corrected chi connectivity index (χ1v) is 6.99. The fourth-order valence-electron chi connectivity index (χ4n) is 2.76. The highest BCUT2D eigenvalue weighted by molar-refractivity contribution is 4.90. The molecule has 6 nitrogen and oxygen atoms in total. The van der Waals surface area contributed by atoms with Crippen molar-refractivity contribution in [3.05, 3.63) is 5.82 Å². The topological polar surface area (TPSA) is 58.9 Å². The number of nitrogens with zero attached hydrogens (tertiary/aromatic N) is 5. The summed E-state index contributed by atoms with van der Waals surface area (Å²) < 4.78 is 0. The van der Waals surface area contributed by atoms with Crippen molar-refractivity contribution in [3.8, 4) is 0 Å². The molecule has 3 rings (SSSR count). The van der Waals surface area contributed by atoms with Crippen LogP contribution < -0.4 is 5.32 Å². The molecule has 0 aromatic carbocycles. The molecule has 2 heterocycles. The molecule has 1 saturated carbocycles. The Morgan fingerprint density at radius 1 is 1.39 bits per heavy atom. The van der Waals surface area contributed by atoms with Gasteiger partial charge in [-0.05, 0) is 49.9 Å². The van der Waals surface area contributed by atoms with E-state index in [2.05, 4.69) is 25.6 Å². The third kappa shape index (κ3) is 3.05. The van der Waals surface area contributed by atoms with Crippen LogP contribution in [0.3, 0.4) is 0 Å². The highest BCUT2D eigenvalue weighted by atomic mass is 15.6. The molecule has 1 saturated heterocycles. The lowest BCUT2D eigenvalue weighted by Crippen LogP contribution is -2.39. The second-order valence-corrected chi connectivity index (χ2v) is 5.57. The summed E-state index contributed by atoms with van der Waals surface area (Å²) in [6, 6.07) is 0.760. The first kappa shape index (κ1) is 12.0. The predicted octanol–water partition coefficient (Wildman–Crippen LogP) is 0.174. The molecule has 0 bridgehead atoms. The van der Waals surface area contributed by atoms with Gasteiger partial charge in [0.2, 0.25) is 0 Å². The molecule has 2 aliphatic rings. The van der Waals surface area contributed by atoms with Crippen LogP contribution in [0, 0.1) is 5.92 Å². The second-order valence-electron chi connectivity index (χ2n) is 5.57. The Hall–Kier alpha value is -1.01. The molecule has 0 spiro atoms. The predicted molar refractivity (Wildman–Crippen MR) is 67.8 cm³/mol. The summed E-state index contributed by atoms with van der Waals surface area (Å²) in [6.07, 6.45) is 5.33. The van der Waals surface area contributed by atoms with Crippen molar-refractivity contribution in [2.75, 3.05) is 19.6 Å². The van der Waals surface area contributed by atoms with Crippen molar-refractivity contribution in [1.29, 1.82) is 0 Å². The van der Waals surface area contributed by atoms with Gasteiger partial charge in [-0.3, -0.25) is 4.90 Å².